The molecule has 3 unspecified atom stereocenters. The van der Waals surface area contributed by atoms with Gasteiger partial charge in [0.05, 0.1) is 12.7 Å². The molecule has 0 aromatic heterocycles. The van der Waals surface area contributed by atoms with E-state index in [2.05, 4.69) is 5.32 Å². The molecule has 12 heavy (non-hydrogen) atoms. The molecule has 0 bridgehead atoms. The van der Waals surface area contributed by atoms with E-state index in [-0.39, 0.29) is 19.0 Å². The zero-order valence-corrected chi connectivity index (χ0v) is 7.66. The Hall–Kier alpha value is 0.0900. The molecule has 0 aromatic rings. The molecule has 0 aliphatic rings. The van der Waals surface area contributed by atoms with Gasteiger partial charge in [0.15, 0.2) is 0 Å². The second-order valence-corrected chi connectivity index (χ2v) is 2.37. The van der Waals surface area contributed by atoms with Gasteiger partial charge in [0.25, 0.3) is 0 Å². The topological polar surface area (TPSA) is 93.0 Å². The zero-order valence-electron chi connectivity index (χ0n) is 6.84. The summed E-state index contributed by atoms with van der Waals surface area (Å²) >= 11 is 0. The number of halogens is 1. The van der Waals surface area contributed by atoms with Gasteiger partial charge in [0.2, 0.25) is 0 Å². The molecule has 5 nitrogen and oxygen atoms in total. The smallest absolute Gasteiger partial charge is 0.109 e. The van der Waals surface area contributed by atoms with Crippen LogP contribution >= 0.6 is 12.4 Å². The summed E-state index contributed by atoms with van der Waals surface area (Å²) in [5.74, 6) is 0. The van der Waals surface area contributed by atoms with E-state index in [1.807, 2.05) is 0 Å². The summed E-state index contributed by atoms with van der Waals surface area (Å²) < 4.78 is 0. The first kappa shape index (κ1) is 14.6. The van der Waals surface area contributed by atoms with Crippen LogP contribution < -0.4 is 5.32 Å². The second kappa shape index (κ2) is 7.72. The maximum Gasteiger partial charge on any atom is 0.109 e. The average Bonchev–Trinajstić information content (AvgIpc) is 2.02. The van der Waals surface area contributed by atoms with E-state index >= 15 is 0 Å². The highest BCUT2D eigenvalue weighted by Crippen LogP contribution is 1.98. The van der Waals surface area contributed by atoms with E-state index in [1.54, 1.807) is 7.05 Å². The van der Waals surface area contributed by atoms with E-state index in [4.69, 9.17) is 20.4 Å². The van der Waals surface area contributed by atoms with Gasteiger partial charge < -0.3 is 25.7 Å². The zero-order chi connectivity index (χ0) is 8.85. The van der Waals surface area contributed by atoms with Crippen LogP contribution in [0.3, 0.4) is 0 Å². The predicted molar refractivity (Wildman–Crippen MR) is 46.3 cm³/mol. The highest BCUT2D eigenvalue weighted by molar-refractivity contribution is 5.85. The summed E-state index contributed by atoms with van der Waals surface area (Å²) in [6.07, 6.45) is -3.63. The van der Waals surface area contributed by atoms with Crippen molar-refractivity contribution in [2.24, 2.45) is 0 Å². The first-order valence-electron chi connectivity index (χ1n) is 3.43. The summed E-state index contributed by atoms with van der Waals surface area (Å²) in [7, 11) is 1.61. The molecule has 0 rings (SSSR count). The minimum absolute atomic E-state index is 0. The normalized spacial score (nSPS) is 17.8. The molecule has 0 spiro atoms. The van der Waals surface area contributed by atoms with Crippen molar-refractivity contribution in [3.8, 4) is 0 Å². The number of likely N-dealkylation sites (N-methyl/N-ethyl adjacent to an activating group) is 1. The average molecular weight is 202 g/mol. The standard InChI is InChI=1S/C6H15NO4.ClH/c1-7-2-4(9)6(11)5(10)3-8;/h4-11H,2-3H2,1H3;1H. The van der Waals surface area contributed by atoms with Gasteiger partial charge in [-0.3, -0.25) is 0 Å². The highest BCUT2D eigenvalue weighted by Gasteiger charge is 2.22. The van der Waals surface area contributed by atoms with E-state index in [0.29, 0.717) is 0 Å². The van der Waals surface area contributed by atoms with E-state index in [9.17, 15) is 0 Å². The Labute approximate surface area is 77.4 Å². The third-order valence-corrected chi connectivity index (χ3v) is 1.39. The van der Waals surface area contributed by atoms with Crippen molar-refractivity contribution in [3.05, 3.63) is 0 Å². The molecule has 0 aliphatic heterocycles. The number of nitrogens with one attached hydrogen (secondary N) is 1. The highest BCUT2D eigenvalue weighted by atomic mass is 35.5. The van der Waals surface area contributed by atoms with Crippen LogP contribution in [0.5, 0.6) is 0 Å². The summed E-state index contributed by atoms with van der Waals surface area (Å²) in [5.41, 5.74) is 0. The molecule has 6 heteroatoms. The van der Waals surface area contributed by atoms with Crippen LogP contribution in [0, 0.1) is 0 Å². The number of aliphatic hydroxyl groups excluding tert-OH is 4. The molecule has 0 aromatic carbocycles. The maximum atomic E-state index is 9.04. The number of aliphatic hydroxyl groups is 4. The van der Waals surface area contributed by atoms with Crippen LogP contribution in [-0.4, -0.2) is 58.9 Å². The quantitative estimate of drug-likeness (QED) is 0.345. The van der Waals surface area contributed by atoms with Crippen molar-refractivity contribution in [1.29, 1.82) is 0 Å². The fourth-order valence-electron chi connectivity index (χ4n) is 0.694. The first-order valence-corrected chi connectivity index (χ1v) is 3.43. The molecule has 0 amide bonds. The molecule has 0 radical (unpaired) electrons. The molecule has 0 saturated carbocycles. The van der Waals surface area contributed by atoms with Crippen LogP contribution in [0.15, 0.2) is 0 Å². The molecule has 3 atom stereocenters. The van der Waals surface area contributed by atoms with Gasteiger partial charge in [-0.05, 0) is 7.05 Å². The Morgan fingerprint density at radius 2 is 1.67 bits per heavy atom. The third-order valence-electron chi connectivity index (χ3n) is 1.39. The van der Waals surface area contributed by atoms with Crippen LogP contribution in [0.1, 0.15) is 0 Å². The van der Waals surface area contributed by atoms with E-state index in [1.165, 1.54) is 0 Å². The Balaban J connectivity index is 0. The predicted octanol–water partition coefficient (Wildman–Crippen LogP) is -2.30. The van der Waals surface area contributed by atoms with E-state index in [0.717, 1.165) is 0 Å². The second-order valence-electron chi connectivity index (χ2n) is 2.37. The summed E-state index contributed by atoms with van der Waals surface area (Å²) in [6.45, 7) is -0.375. The minimum Gasteiger partial charge on any atom is -0.394 e. The molecule has 0 saturated heterocycles. The molecule has 76 valence electrons. The Kier molecular flexibility index (Phi) is 9.40. The molecule has 0 heterocycles. The lowest BCUT2D eigenvalue weighted by molar-refractivity contribution is -0.0745. The number of hydrogen-bond acceptors (Lipinski definition) is 5. The monoisotopic (exact) mass is 201 g/mol. The van der Waals surface area contributed by atoms with Crippen molar-refractivity contribution >= 4 is 12.4 Å². The van der Waals surface area contributed by atoms with E-state index < -0.39 is 24.9 Å². The molecular formula is C6H16ClNO4. The Morgan fingerprint density at radius 3 is 2.00 bits per heavy atom. The van der Waals surface area contributed by atoms with Crippen molar-refractivity contribution in [1.82, 2.24) is 5.32 Å². The summed E-state index contributed by atoms with van der Waals surface area (Å²) in [4.78, 5) is 0. The first-order chi connectivity index (χ1) is 5.13. The van der Waals surface area contributed by atoms with Crippen LogP contribution in [0.25, 0.3) is 0 Å². The SMILES string of the molecule is CNCC(O)C(O)C(O)CO.Cl. The Bertz CT molecular complexity index is 106. The summed E-state index contributed by atoms with van der Waals surface area (Å²) in [6, 6.07) is 0. The maximum absolute atomic E-state index is 9.04. The van der Waals surface area contributed by atoms with Crippen molar-refractivity contribution in [2.75, 3.05) is 20.2 Å². The van der Waals surface area contributed by atoms with Gasteiger partial charge in [-0.15, -0.1) is 12.4 Å². The number of hydrogen-bond donors (Lipinski definition) is 5. The fraction of sp³-hybridized carbons (Fsp3) is 1.00. The van der Waals surface area contributed by atoms with Gasteiger partial charge >= 0.3 is 0 Å². The van der Waals surface area contributed by atoms with Gasteiger partial charge in [-0.1, -0.05) is 0 Å². The van der Waals surface area contributed by atoms with Crippen LogP contribution in [0.2, 0.25) is 0 Å². The minimum atomic E-state index is -1.30. The largest absolute Gasteiger partial charge is 0.394 e. The Morgan fingerprint density at radius 1 is 1.17 bits per heavy atom. The van der Waals surface area contributed by atoms with Crippen molar-refractivity contribution < 1.29 is 20.4 Å². The molecule has 0 aliphatic carbocycles. The molecule has 5 N–H and O–H groups in total. The van der Waals surface area contributed by atoms with Crippen LogP contribution in [0.4, 0.5) is 0 Å². The third kappa shape index (κ3) is 4.87. The van der Waals surface area contributed by atoms with Gasteiger partial charge in [0, 0.05) is 6.54 Å². The fourth-order valence-corrected chi connectivity index (χ4v) is 0.694. The van der Waals surface area contributed by atoms with Gasteiger partial charge in [-0.2, -0.15) is 0 Å². The lowest BCUT2D eigenvalue weighted by Gasteiger charge is -2.20. The van der Waals surface area contributed by atoms with Gasteiger partial charge in [0.1, 0.15) is 12.2 Å². The lowest BCUT2D eigenvalue weighted by Crippen LogP contribution is -2.43. The summed E-state index contributed by atoms with van der Waals surface area (Å²) in [5, 5.41) is 37.9. The van der Waals surface area contributed by atoms with Crippen molar-refractivity contribution in [3.63, 3.8) is 0 Å². The lowest BCUT2D eigenvalue weighted by atomic mass is 10.1. The molecular weight excluding hydrogens is 186 g/mol. The number of rotatable bonds is 5. The molecule has 0 fully saturated rings. The van der Waals surface area contributed by atoms with Crippen LogP contribution in [-0.2, 0) is 0 Å². The van der Waals surface area contributed by atoms with Crippen molar-refractivity contribution in [2.45, 2.75) is 18.3 Å². The van der Waals surface area contributed by atoms with Gasteiger partial charge in [-0.25, -0.2) is 0 Å².